The number of hydrogen-bond donors (Lipinski definition) is 5. The molecule has 0 saturated heterocycles. The van der Waals surface area contributed by atoms with Crippen molar-refractivity contribution in [3.8, 4) is 5.75 Å². The van der Waals surface area contributed by atoms with Crippen LogP contribution >= 0.6 is 0 Å². The van der Waals surface area contributed by atoms with Crippen LogP contribution in [0.25, 0.3) is 0 Å². The predicted octanol–water partition coefficient (Wildman–Crippen LogP) is 1.35. The number of carbonyl (C=O) groups excluding carboxylic acids is 2. The molecule has 0 bridgehead atoms. The van der Waals surface area contributed by atoms with E-state index in [0.29, 0.717) is 19.3 Å². The van der Waals surface area contributed by atoms with Gasteiger partial charge >= 0.3 is 23.9 Å². The SMILES string of the molecule is CC(=O)OC(C(=O)O)[C@@]1(O)[C@@]2(C)CC[C@@H]3c4ccc(O)cc4CC[C@H]3[C@@H]2C[C@]1(O)C(OC(C)=O)C(=O)O. The van der Waals surface area contributed by atoms with Gasteiger partial charge in [-0.15, -0.1) is 0 Å². The zero-order valence-corrected chi connectivity index (χ0v) is 20.8. The van der Waals surface area contributed by atoms with Gasteiger partial charge in [0.2, 0.25) is 12.2 Å². The van der Waals surface area contributed by atoms with Gasteiger partial charge in [0.05, 0.1) is 0 Å². The van der Waals surface area contributed by atoms with E-state index in [4.69, 9.17) is 9.47 Å². The van der Waals surface area contributed by atoms with E-state index in [-0.39, 0.29) is 24.0 Å². The number of phenols is 1. The molecule has 3 aliphatic rings. The number of rotatable bonds is 6. The molecule has 11 nitrogen and oxygen atoms in total. The van der Waals surface area contributed by atoms with Crippen LogP contribution in [0, 0.1) is 17.3 Å². The van der Waals surface area contributed by atoms with Gasteiger partial charge in [-0.1, -0.05) is 13.0 Å². The van der Waals surface area contributed by atoms with Crippen LogP contribution in [0.1, 0.15) is 63.5 Å². The fourth-order valence-electron chi connectivity index (χ4n) is 7.56. The van der Waals surface area contributed by atoms with Gasteiger partial charge in [-0.05, 0) is 73.1 Å². The minimum Gasteiger partial charge on any atom is -0.508 e. The number of hydrogen-bond acceptors (Lipinski definition) is 9. The molecule has 0 spiro atoms. The molecule has 0 aromatic heterocycles. The van der Waals surface area contributed by atoms with E-state index in [2.05, 4.69) is 0 Å². The van der Waals surface area contributed by atoms with E-state index in [1.807, 2.05) is 6.07 Å². The van der Waals surface area contributed by atoms with Crippen molar-refractivity contribution in [2.24, 2.45) is 17.3 Å². The molecule has 1 aromatic carbocycles. The summed E-state index contributed by atoms with van der Waals surface area (Å²) in [4.78, 5) is 48.4. The van der Waals surface area contributed by atoms with E-state index >= 15 is 0 Å². The molecule has 0 radical (unpaired) electrons. The third-order valence-electron chi connectivity index (χ3n) is 8.99. The van der Waals surface area contributed by atoms with Crippen molar-refractivity contribution in [2.45, 2.75) is 82.2 Å². The molecule has 202 valence electrons. The van der Waals surface area contributed by atoms with E-state index in [1.54, 1.807) is 19.1 Å². The van der Waals surface area contributed by atoms with E-state index in [1.165, 1.54) is 0 Å². The van der Waals surface area contributed by atoms with E-state index in [0.717, 1.165) is 25.0 Å². The lowest BCUT2D eigenvalue weighted by Gasteiger charge is -2.55. The van der Waals surface area contributed by atoms with Crippen LogP contribution < -0.4 is 0 Å². The Morgan fingerprint density at radius 2 is 1.57 bits per heavy atom. The van der Waals surface area contributed by atoms with Gasteiger partial charge in [0.15, 0.2) is 5.60 Å². The number of benzene rings is 1. The molecule has 5 N–H and O–H groups in total. The van der Waals surface area contributed by atoms with Gasteiger partial charge in [0.1, 0.15) is 11.4 Å². The standard InChI is InChI=1S/C26H32O11/c1-12(27)36-20(22(30)31)25(34)11-19-18-6-4-14-10-15(29)5-7-16(14)17(18)8-9-24(19,3)26(25,35)21(23(32)33)37-13(2)28/h5,7,10,17-21,29,34-35H,4,6,8-9,11H2,1-3H3,(H,30,31)(H,32,33)/t17-,18-,19+,20?,21?,24+,25+,26-/m1/s1. The summed E-state index contributed by atoms with van der Waals surface area (Å²) < 4.78 is 10.0. The normalized spacial score (nSPS) is 35.8. The Morgan fingerprint density at radius 3 is 2.14 bits per heavy atom. The molecule has 8 atom stereocenters. The minimum atomic E-state index is -2.82. The van der Waals surface area contributed by atoms with Gasteiger partial charge in [0, 0.05) is 19.3 Å². The number of carbonyl (C=O) groups is 4. The highest BCUT2D eigenvalue weighted by Gasteiger charge is 2.79. The number of esters is 2. The number of ether oxygens (including phenoxy) is 2. The zero-order chi connectivity index (χ0) is 27.5. The molecule has 11 heteroatoms. The maximum absolute atomic E-state index is 12.4. The Labute approximate surface area is 213 Å². The largest absolute Gasteiger partial charge is 0.508 e. The predicted molar refractivity (Wildman–Crippen MR) is 124 cm³/mol. The van der Waals surface area contributed by atoms with Gasteiger partial charge in [-0.2, -0.15) is 0 Å². The molecule has 0 heterocycles. The monoisotopic (exact) mass is 520 g/mol. The highest BCUT2D eigenvalue weighted by atomic mass is 16.6. The number of aromatic hydroxyl groups is 1. The molecule has 0 aliphatic heterocycles. The first-order valence-corrected chi connectivity index (χ1v) is 12.2. The highest BCUT2D eigenvalue weighted by Crippen LogP contribution is 2.69. The molecule has 3 aliphatic carbocycles. The van der Waals surface area contributed by atoms with Gasteiger partial charge < -0.3 is 35.0 Å². The molecule has 2 fully saturated rings. The summed E-state index contributed by atoms with van der Waals surface area (Å²) in [6, 6.07) is 5.11. The first-order valence-electron chi connectivity index (χ1n) is 12.2. The average molecular weight is 521 g/mol. The summed E-state index contributed by atoms with van der Waals surface area (Å²) in [7, 11) is 0. The summed E-state index contributed by atoms with van der Waals surface area (Å²) in [6.07, 6.45) is -3.27. The quantitative estimate of drug-likeness (QED) is 0.341. The highest BCUT2D eigenvalue weighted by molar-refractivity contribution is 5.82. The Morgan fingerprint density at radius 1 is 0.973 bits per heavy atom. The number of carboxylic acid groups (broad SMARTS) is 2. The zero-order valence-electron chi connectivity index (χ0n) is 20.8. The van der Waals surface area contributed by atoms with Crippen molar-refractivity contribution in [2.75, 3.05) is 0 Å². The minimum absolute atomic E-state index is 0.0527. The van der Waals surface area contributed by atoms with Gasteiger partial charge in [0.25, 0.3) is 0 Å². The van der Waals surface area contributed by atoms with Crippen LogP contribution in [-0.2, 0) is 35.1 Å². The third kappa shape index (κ3) is 3.86. The number of aryl methyl sites for hydroxylation is 1. The second-order valence-electron chi connectivity index (χ2n) is 10.8. The van der Waals surface area contributed by atoms with Crippen LogP contribution in [-0.4, -0.2) is 72.8 Å². The first kappa shape index (κ1) is 26.9. The molecule has 37 heavy (non-hydrogen) atoms. The molecular formula is C26H32O11. The van der Waals surface area contributed by atoms with Crippen molar-refractivity contribution >= 4 is 23.9 Å². The number of aliphatic carboxylic acids is 2. The summed E-state index contributed by atoms with van der Waals surface area (Å²) in [5.41, 5.74) is -5.07. The molecular weight excluding hydrogens is 488 g/mol. The van der Waals surface area contributed by atoms with Crippen LogP contribution in [0.3, 0.4) is 0 Å². The second-order valence-corrected chi connectivity index (χ2v) is 10.8. The van der Waals surface area contributed by atoms with Crippen molar-refractivity contribution < 1.29 is 54.2 Å². The Kier molecular flexibility index (Phi) is 6.52. The number of phenolic OH excluding ortho intramolecular Hbond substituents is 1. The summed E-state index contributed by atoms with van der Waals surface area (Å²) in [5, 5.41) is 54.3. The van der Waals surface area contributed by atoms with Crippen LogP contribution in [0.4, 0.5) is 0 Å². The lowest BCUT2D eigenvalue weighted by Crippen LogP contribution is -2.73. The summed E-state index contributed by atoms with van der Waals surface area (Å²) in [5.74, 6) is -6.36. The van der Waals surface area contributed by atoms with Gasteiger partial charge in [-0.25, -0.2) is 9.59 Å². The molecule has 2 unspecified atom stereocenters. The maximum Gasteiger partial charge on any atom is 0.348 e. The summed E-state index contributed by atoms with van der Waals surface area (Å²) >= 11 is 0. The lowest BCUT2D eigenvalue weighted by atomic mass is 9.52. The number of carboxylic acids is 2. The Bertz CT molecular complexity index is 1150. The first-order chi connectivity index (χ1) is 17.2. The van der Waals surface area contributed by atoms with Crippen LogP contribution in [0.15, 0.2) is 18.2 Å². The molecule has 0 amide bonds. The fraction of sp³-hybridized carbons (Fsp3) is 0.615. The van der Waals surface area contributed by atoms with Crippen molar-refractivity contribution in [1.82, 2.24) is 0 Å². The van der Waals surface area contributed by atoms with E-state index < -0.39 is 65.0 Å². The van der Waals surface area contributed by atoms with Crippen molar-refractivity contribution in [3.05, 3.63) is 29.3 Å². The number of fused-ring (bicyclic) bond motifs is 5. The molecule has 1 aromatic rings. The fourth-order valence-corrected chi connectivity index (χ4v) is 7.56. The lowest BCUT2D eigenvalue weighted by molar-refractivity contribution is -0.268. The Balaban J connectivity index is 1.90. The van der Waals surface area contributed by atoms with Crippen LogP contribution in [0.2, 0.25) is 0 Å². The maximum atomic E-state index is 12.4. The second kappa shape index (κ2) is 8.98. The molecule has 4 rings (SSSR count). The summed E-state index contributed by atoms with van der Waals surface area (Å²) in [6.45, 7) is 3.45. The average Bonchev–Trinajstić information content (AvgIpc) is 2.99. The van der Waals surface area contributed by atoms with Crippen molar-refractivity contribution in [3.63, 3.8) is 0 Å². The van der Waals surface area contributed by atoms with Crippen molar-refractivity contribution in [1.29, 1.82) is 0 Å². The topological polar surface area (TPSA) is 188 Å². The van der Waals surface area contributed by atoms with Gasteiger partial charge in [-0.3, -0.25) is 9.59 Å². The third-order valence-corrected chi connectivity index (χ3v) is 8.99. The smallest absolute Gasteiger partial charge is 0.348 e. The Hall–Kier alpha value is -3.18. The van der Waals surface area contributed by atoms with Crippen LogP contribution in [0.5, 0.6) is 5.75 Å². The molecule has 2 saturated carbocycles. The number of aliphatic hydroxyl groups is 2. The van der Waals surface area contributed by atoms with E-state index in [9.17, 15) is 44.7 Å².